The Morgan fingerprint density at radius 1 is 1.00 bits per heavy atom. The first kappa shape index (κ1) is 12.6. The van der Waals surface area contributed by atoms with Crippen LogP contribution in [0.4, 0.5) is 0 Å². The van der Waals surface area contributed by atoms with Gasteiger partial charge in [0, 0.05) is 0 Å². The molecule has 1 aliphatic carbocycles. The Balaban J connectivity index is 2.31. The van der Waals surface area contributed by atoms with Crippen LogP contribution in [0.1, 0.15) is 32.1 Å². The number of benzene rings is 1. The number of aliphatic hydroxyl groups excluding tert-OH is 1. The number of rotatable bonds is 2. The molecule has 1 aromatic rings. The van der Waals surface area contributed by atoms with Gasteiger partial charge in [0.1, 0.15) is 0 Å². The van der Waals surface area contributed by atoms with Crippen molar-refractivity contribution in [2.75, 3.05) is 0 Å². The highest BCUT2D eigenvalue weighted by molar-refractivity contribution is 7.92. The summed E-state index contributed by atoms with van der Waals surface area (Å²) in [6, 6.07) is 8.44. The Labute approximate surface area is 102 Å². The highest BCUT2D eigenvalue weighted by Gasteiger charge is 2.34. The van der Waals surface area contributed by atoms with Crippen molar-refractivity contribution < 1.29 is 13.5 Å². The Bertz CT molecular complexity index is 453. The maximum atomic E-state index is 12.4. The second-order valence-electron chi connectivity index (χ2n) is 4.60. The molecule has 0 aliphatic heterocycles. The minimum absolute atomic E-state index is 0.325. The fourth-order valence-electron chi connectivity index (χ4n) is 2.40. The molecule has 1 N–H and O–H groups in total. The van der Waals surface area contributed by atoms with Crippen LogP contribution in [0.2, 0.25) is 0 Å². The van der Waals surface area contributed by atoms with Gasteiger partial charge in [-0.15, -0.1) is 0 Å². The maximum Gasteiger partial charge on any atom is 0.183 e. The number of hydrogen-bond donors (Lipinski definition) is 1. The van der Waals surface area contributed by atoms with Gasteiger partial charge in [0.15, 0.2) is 9.84 Å². The van der Waals surface area contributed by atoms with E-state index in [1.807, 2.05) is 0 Å². The SMILES string of the molecule is O=S(=O)(c1ccccc1)C1CCCCCC1O. The van der Waals surface area contributed by atoms with Crippen LogP contribution in [-0.4, -0.2) is 24.9 Å². The molecule has 94 valence electrons. The summed E-state index contributed by atoms with van der Waals surface area (Å²) in [7, 11) is -3.38. The molecule has 0 radical (unpaired) electrons. The Morgan fingerprint density at radius 2 is 1.65 bits per heavy atom. The van der Waals surface area contributed by atoms with Gasteiger partial charge in [-0.1, -0.05) is 37.5 Å². The fourth-order valence-corrected chi connectivity index (χ4v) is 4.31. The topological polar surface area (TPSA) is 54.4 Å². The van der Waals surface area contributed by atoms with Crippen LogP contribution in [0.5, 0.6) is 0 Å². The summed E-state index contributed by atoms with van der Waals surface area (Å²) < 4.78 is 24.8. The largest absolute Gasteiger partial charge is 0.392 e. The van der Waals surface area contributed by atoms with Crippen LogP contribution in [0.3, 0.4) is 0 Å². The first-order chi connectivity index (χ1) is 8.12. The molecule has 1 saturated carbocycles. The zero-order valence-electron chi connectivity index (χ0n) is 9.75. The lowest BCUT2D eigenvalue weighted by molar-refractivity contribution is 0.160. The average Bonchev–Trinajstić information content (AvgIpc) is 2.55. The third kappa shape index (κ3) is 2.69. The molecule has 0 amide bonds. The van der Waals surface area contributed by atoms with Gasteiger partial charge in [-0.2, -0.15) is 0 Å². The van der Waals surface area contributed by atoms with E-state index < -0.39 is 21.2 Å². The molecule has 2 rings (SSSR count). The predicted octanol–water partition coefficient (Wildman–Crippen LogP) is 2.15. The van der Waals surface area contributed by atoms with Crippen molar-refractivity contribution in [2.45, 2.75) is 48.4 Å². The summed E-state index contributed by atoms with van der Waals surface area (Å²) in [6.45, 7) is 0. The Morgan fingerprint density at radius 3 is 2.35 bits per heavy atom. The van der Waals surface area contributed by atoms with Crippen LogP contribution < -0.4 is 0 Å². The highest BCUT2D eigenvalue weighted by atomic mass is 32.2. The van der Waals surface area contributed by atoms with Crippen LogP contribution in [0.25, 0.3) is 0 Å². The van der Waals surface area contributed by atoms with Crippen molar-refractivity contribution in [1.82, 2.24) is 0 Å². The van der Waals surface area contributed by atoms with E-state index in [1.54, 1.807) is 30.3 Å². The van der Waals surface area contributed by atoms with E-state index in [0.29, 0.717) is 17.7 Å². The van der Waals surface area contributed by atoms with Gasteiger partial charge in [-0.05, 0) is 25.0 Å². The van der Waals surface area contributed by atoms with Crippen LogP contribution in [0.15, 0.2) is 35.2 Å². The van der Waals surface area contributed by atoms with Gasteiger partial charge in [-0.25, -0.2) is 8.42 Å². The molecule has 0 heterocycles. The van der Waals surface area contributed by atoms with Gasteiger partial charge in [0.25, 0.3) is 0 Å². The molecule has 4 heteroatoms. The minimum atomic E-state index is -3.38. The van der Waals surface area contributed by atoms with Crippen molar-refractivity contribution in [1.29, 1.82) is 0 Å². The molecule has 2 atom stereocenters. The molecule has 0 saturated heterocycles. The predicted molar refractivity (Wildman–Crippen MR) is 66.5 cm³/mol. The minimum Gasteiger partial charge on any atom is -0.392 e. The highest BCUT2D eigenvalue weighted by Crippen LogP contribution is 2.27. The van der Waals surface area contributed by atoms with E-state index in [0.717, 1.165) is 19.3 Å². The van der Waals surface area contributed by atoms with Gasteiger partial charge in [0.05, 0.1) is 16.2 Å². The second-order valence-corrected chi connectivity index (χ2v) is 6.77. The molecule has 0 spiro atoms. The molecular weight excluding hydrogens is 236 g/mol. The van der Waals surface area contributed by atoms with Crippen LogP contribution in [-0.2, 0) is 9.84 Å². The molecule has 1 fully saturated rings. The van der Waals surface area contributed by atoms with Gasteiger partial charge < -0.3 is 5.11 Å². The summed E-state index contributed by atoms with van der Waals surface area (Å²) in [6.07, 6.45) is 3.26. The van der Waals surface area contributed by atoms with Crippen molar-refractivity contribution >= 4 is 9.84 Å². The lowest BCUT2D eigenvalue weighted by Crippen LogP contribution is -2.33. The first-order valence-corrected chi connectivity index (χ1v) is 7.64. The summed E-state index contributed by atoms with van der Waals surface area (Å²) in [5.41, 5.74) is 0. The molecule has 3 nitrogen and oxygen atoms in total. The van der Waals surface area contributed by atoms with Crippen molar-refractivity contribution in [3.05, 3.63) is 30.3 Å². The van der Waals surface area contributed by atoms with Gasteiger partial charge in [0.2, 0.25) is 0 Å². The van der Waals surface area contributed by atoms with E-state index in [9.17, 15) is 13.5 Å². The molecule has 1 aromatic carbocycles. The lowest BCUT2D eigenvalue weighted by atomic mass is 10.1. The number of aliphatic hydroxyl groups is 1. The van der Waals surface area contributed by atoms with E-state index in [2.05, 4.69) is 0 Å². The molecule has 1 aliphatic rings. The van der Waals surface area contributed by atoms with Crippen molar-refractivity contribution in [3.8, 4) is 0 Å². The molecular formula is C13H18O3S. The van der Waals surface area contributed by atoms with E-state index in [1.165, 1.54) is 0 Å². The lowest BCUT2D eigenvalue weighted by Gasteiger charge is -2.20. The average molecular weight is 254 g/mol. The summed E-state index contributed by atoms with van der Waals surface area (Å²) >= 11 is 0. The Hall–Kier alpha value is -0.870. The summed E-state index contributed by atoms with van der Waals surface area (Å²) in [5, 5.41) is 9.33. The van der Waals surface area contributed by atoms with E-state index >= 15 is 0 Å². The Kier molecular flexibility index (Phi) is 3.84. The zero-order chi connectivity index (χ0) is 12.3. The van der Waals surface area contributed by atoms with Crippen LogP contribution in [0, 0.1) is 0 Å². The smallest absolute Gasteiger partial charge is 0.183 e. The van der Waals surface area contributed by atoms with Crippen LogP contribution >= 0.6 is 0 Å². The molecule has 2 unspecified atom stereocenters. The third-order valence-corrected chi connectivity index (χ3v) is 5.66. The number of hydrogen-bond acceptors (Lipinski definition) is 3. The quantitative estimate of drug-likeness (QED) is 0.823. The van der Waals surface area contributed by atoms with Gasteiger partial charge in [-0.3, -0.25) is 0 Å². The molecule has 0 bridgehead atoms. The fraction of sp³-hybridized carbons (Fsp3) is 0.538. The molecule has 17 heavy (non-hydrogen) atoms. The summed E-state index contributed by atoms with van der Waals surface area (Å²) in [5.74, 6) is 0. The molecule has 0 aromatic heterocycles. The standard InChI is InChI=1S/C13H18O3S/c14-12-9-5-2-6-10-13(12)17(15,16)11-7-3-1-4-8-11/h1,3-4,7-8,12-14H,2,5-6,9-10H2. The normalized spacial score (nSPS) is 26.4. The van der Waals surface area contributed by atoms with E-state index in [4.69, 9.17) is 0 Å². The number of sulfone groups is 1. The zero-order valence-corrected chi connectivity index (χ0v) is 10.6. The second kappa shape index (κ2) is 5.19. The van der Waals surface area contributed by atoms with Crippen molar-refractivity contribution in [3.63, 3.8) is 0 Å². The van der Waals surface area contributed by atoms with E-state index in [-0.39, 0.29) is 0 Å². The van der Waals surface area contributed by atoms with Gasteiger partial charge >= 0.3 is 0 Å². The maximum absolute atomic E-state index is 12.4. The third-order valence-electron chi connectivity index (χ3n) is 3.39. The first-order valence-electron chi connectivity index (χ1n) is 6.09. The summed E-state index contributed by atoms with van der Waals surface area (Å²) in [4.78, 5) is 0.325. The monoisotopic (exact) mass is 254 g/mol. The van der Waals surface area contributed by atoms with Crippen molar-refractivity contribution in [2.24, 2.45) is 0 Å².